The highest BCUT2D eigenvalue weighted by molar-refractivity contribution is 7.85. The summed E-state index contributed by atoms with van der Waals surface area (Å²) in [4.78, 5) is 10.8. The van der Waals surface area contributed by atoms with E-state index in [4.69, 9.17) is 0 Å². The van der Waals surface area contributed by atoms with Gasteiger partial charge < -0.3 is 9.29 Å². The smallest absolute Gasteiger partial charge is 0.337 e. The first-order valence-corrected chi connectivity index (χ1v) is 8.54. The van der Waals surface area contributed by atoms with Gasteiger partial charge in [-0.05, 0) is 44.1 Å². The Morgan fingerprint density at radius 3 is 2.17 bits per heavy atom. The van der Waals surface area contributed by atoms with Crippen molar-refractivity contribution in [2.24, 2.45) is 0 Å². The average molecular weight is 354 g/mol. The molecule has 0 fully saturated rings. The van der Waals surface area contributed by atoms with E-state index in [1.165, 1.54) is 7.11 Å². The zero-order valence-electron chi connectivity index (χ0n) is 14.2. The molecule has 0 radical (unpaired) electrons. The Morgan fingerprint density at radius 1 is 1.25 bits per heavy atom. The van der Waals surface area contributed by atoms with Gasteiger partial charge in [0.05, 0.1) is 30.3 Å². The minimum absolute atomic E-state index is 0.0851. The molecule has 24 heavy (non-hydrogen) atoms. The van der Waals surface area contributed by atoms with Crippen LogP contribution in [0.25, 0.3) is 0 Å². The van der Waals surface area contributed by atoms with Gasteiger partial charge in [-0.15, -0.1) is 0 Å². The third-order valence-corrected chi connectivity index (χ3v) is 4.43. The molecule has 1 aromatic carbocycles. The largest absolute Gasteiger partial charge is 0.744 e. The Hall–Kier alpha value is -2.16. The van der Waals surface area contributed by atoms with Crippen molar-refractivity contribution in [1.29, 1.82) is 0 Å². The first-order valence-electron chi connectivity index (χ1n) is 7.13. The second kappa shape index (κ2) is 8.09. The molecular weight excluding hydrogens is 332 g/mol. The Kier molecular flexibility index (Phi) is 6.70. The molecule has 0 spiro atoms. The summed E-state index contributed by atoms with van der Waals surface area (Å²) in [5.74, 6) is 3.37. The summed E-state index contributed by atoms with van der Waals surface area (Å²) in [6.45, 7) is 5.78. The van der Waals surface area contributed by atoms with Crippen molar-refractivity contribution in [1.82, 2.24) is 5.01 Å². The van der Waals surface area contributed by atoms with Crippen molar-refractivity contribution in [3.8, 4) is 0 Å². The molecule has 1 heterocycles. The van der Waals surface area contributed by atoms with Crippen LogP contribution in [-0.4, -0.2) is 37.6 Å². The first kappa shape index (κ1) is 19.9. The number of ether oxygens (including phenoxy) is 1. The number of rotatable bonds is 2. The van der Waals surface area contributed by atoms with Crippen molar-refractivity contribution in [3.05, 3.63) is 52.7 Å². The van der Waals surface area contributed by atoms with E-state index in [1.807, 2.05) is 6.92 Å². The average Bonchev–Trinajstić information content (AvgIpc) is 2.45. The van der Waals surface area contributed by atoms with E-state index in [2.05, 4.69) is 10.6 Å². The lowest BCUT2D eigenvalue weighted by Crippen LogP contribution is -2.65. The molecule has 1 aromatic rings. The maximum absolute atomic E-state index is 10.9. The van der Waals surface area contributed by atoms with Gasteiger partial charge >= 0.3 is 5.97 Å². The fraction of sp³-hybridized carbons (Fsp3) is 0.312. The summed E-state index contributed by atoms with van der Waals surface area (Å²) in [5, 5.41) is 1.73. The van der Waals surface area contributed by atoms with E-state index in [1.54, 1.807) is 49.3 Å². The molecule has 132 valence electrons. The molecule has 0 aromatic heterocycles. The van der Waals surface area contributed by atoms with Crippen LogP contribution in [0.3, 0.4) is 0 Å². The van der Waals surface area contributed by atoms with Gasteiger partial charge in [0.15, 0.2) is 0 Å². The molecule has 1 aliphatic rings. The Bertz CT molecular complexity index is 759. The molecular formula is C16H22N2O5S. The Balaban J connectivity index is 0.000000243. The van der Waals surface area contributed by atoms with Crippen LogP contribution in [0, 0.1) is 20.8 Å². The number of esters is 1. The predicted molar refractivity (Wildman–Crippen MR) is 87.4 cm³/mol. The summed E-state index contributed by atoms with van der Waals surface area (Å²) >= 11 is 0. The normalized spacial score (nSPS) is 13.8. The van der Waals surface area contributed by atoms with Crippen molar-refractivity contribution < 1.29 is 28.3 Å². The molecule has 2 rings (SSSR count). The van der Waals surface area contributed by atoms with Gasteiger partial charge in [-0.25, -0.2) is 18.2 Å². The van der Waals surface area contributed by atoms with Gasteiger partial charge in [0.2, 0.25) is 0 Å². The summed E-state index contributed by atoms with van der Waals surface area (Å²) in [6.07, 6.45) is 5.20. The van der Waals surface area contributed by atoms with Crippen LogP contribution in [0.4, 0.5) is 0 Å². The quantitative estimate of drug-likeness (QED) is 0.614. The molecule has 0 atom stereocenters. The molecule has 0 amide bonds. The number of carbonyl (C=O) groups is 1. The predicted octanol–water partition coefficient (Wildman–Crippen LogP) is 0.588. The van der Waals surface area contributed by atoms with Crippen LogP contribution in [0.5, 0.6) is 0 Å². The zero-order chi connectivity index (χ0) is 18.5. The lowest BCUT2D eigenvalue weighted by Gasteiger charge is -2.14. The van der Waals surface area contributed by atoms with Gasteiger partial charge in [-0.1, -0.05) is 17.7 Å². The minimum Gasteiger partial charge on any atom is -0.744 e. The zero-order valence-corrected chi connectivity index (χ0v) is 15.0. The Morgan fingerprint density at radius 2 is 1.79 bits per heavy atom. The lowest BCUT2D eigenvalue weighted by molar-refractivity contribution is -0.552. The maximum Gasteiger partial charge on any atom is 0.337 e. The molecule has 0 saturated carbocycles. The number of quaternary nitrogens is 1. The highest BCUT2D eigenvalue weighted by Crippen LogP contribution is 2.20. The second-order valence-corrected chi connectivity index (χ2v) is 6.74. The molecule has 3 N–H and O–H groups in total. The van der Waals surface area contributed by atoms with Gasteiger partial charge in [0.25, 0.3) is 0 Å². The van der Waals surface area contributed by atoms with Crippen molar-refractivity contribution in [2.75, 3.05) is 13.7 Å². The number of benzene rings is 1. The van der Waals surface area contributed by atoms with Gasteiger partial charge in [0.1, 0.15) is 10.1 Å². The molecule has 0 aliphatic carbocycles. The third-order valence-electron chi connectivity index (χ3n) is 3.29. The van der Waals surface area contributed by atoms with E-state index in [9.17, 15) is 17.8 Å². The summed E-state index contributed by atoms with van der Waals surface area (Å²) in [5.41, 5.74) is 2.59. The van der Waals surface area contributed by atoms with E-state index in [-0.39, 0.29) is 10.9 Å². The molecule has 0 saturated heterocycles. The van der Waals surface area contributed by atoms with Crippen LogP contribution in [-0.2, 0) is 19.6 Å². The minimum atomic E-state index is -4.33. The van der Waals surface area contributed by atoms with E-state index in [0.717, 1.165) is 5.56 Å². The molecule has 1 aliphatic heterocycles. The van der Waals surface area contributed by atoms with Crippen molar-refractivity contribution in [3.63, 3.8) is 0 Å². The van der Waals surface area contributed by atoms with Gasteiger partial charge in [0, 0.05) is 0 Å². The molecule has 0 unspecified atom stereocenters. The maximum atomic E-state index is 10.9. The Labute approximate surface area is 142 Å². The van der Waals surface area contributed by atoms with Crippen LogP contribution >= 0.6 is 0 Å². The molecule has 0 bridgehead atoms. The second-order valence-electron chi connectivity index (χ2n) is 5.42. The lowest BCUT2D eigenvalue weighted by atomic mass is 10.1. The third kappa shape index (κ3) is 5.48. The SMILES string of the molecule is COC(=O)C1=CCN([NH3+])C=C1.Cc1cc(C)c(S(=O)(=O)[O-])c(C)c1. The number of carbonyl (C=O) groups excluding carboxylic acids is 1. The molecule has 8 heteroatoms. The summed E-state index contributed by atoms with van der Waals surface area (Å²) in [7, 11) is -2.96. The fourth-order valence-electron chi connectivity index (χ4n) is 2.36. The standard InChI is InChI=1S/C9H12O3S.C7H10N2O2/c1-6-4-7(2)9(8(3)5-6)13(10,11)12;1-11-7(10)6-2-4-9(8)5-3-6/h4-5H,1-3H3,(H,10,11,12);2-4H,5,8H2,1H3. The van der Waals surface area contributed by atoms with Gasteiger partial charge in [-0.3, -0.25) is 5.84 Å². The summed E-state index contributed by atoms with van der Waals surface area (Å²) < 4.78 is 37.0. The van der Waals surface area contributed by atoms with Crippen LogP contribution in [0.1, 0.15) is 16.7 Å². The van der Waals surface area contributed by atoms with Crippen molar-refractivity contribution in [2.45, 2.75) is 25.7 Å². The highest BCUT2D eigenvalue weighted by Gasteiger charge is 2.10. The van der Waals surface area contributed by atoms with Crippen LogP contribution in [0.2, 0.25) is 0 Å². The monoisotopic (exact) mass is 354 g/mol. The number of nitrogens with zero attached hydrogens (tertiary/aromatic N) is 1. The number of methoxy groups -OCH3 is 1. The number of hydrogen-bond donors (Lipinski definition) is 1. The van der Waals surface area contributed by atoms with E-state index in [0.29, 0.717) is 23.2 Å². The fourth-order valence-corrected chi connectivity index (χ4v) is 3.27. The highest BCUT2D eigenvalue weighted by atomic mass is 32.2. The van der Waals surface area contributed by atoms with Gasteiger partial charge in [-0.2, -0.15) is 0 Å². The van der Waals surface area contributed by atoms with Crippen molar-refractivity contribution >= 4 is 16.1 Å². The number of hydrogen-bond acceptors (Lipinski definition) is 6. The number of aryl methyl sites for hydroxylation is 3. The topological polar surface area (TPSA) is 114 Å². The summed E-state index contributed by atoms with van der Waals surface area (Å²) in [6, 6.07) is 3.38. The molecule has 7 nitrogen and oxygen atoms in total. The van der Waals surface area contributed by atoms with Crippen LogP contribution in [0.15, 0.2) is 41.0 Å². The first-order chi connectivity index (χ1) is 11.1. The van der Waals surface area contributed by atoms with E-state index < -0.39 is 10.1 Å². The van der Waals surface area contributed by atoms with E-state index >= 15 is 0 Å². The van der Waals surface area contributed by atoms with Crippen LogP contribution < -0.4 is 5.84 Å².